The van der Waals surface area contributed by atoms with Gasteiger partial charge in [0.15, 0.2) is 0 Å². The number of likely N-dealkylation sites (N-methyl/N-ethyl adjacent to an activating group) is 2. The third kappa shape index (κ3) is 5.61. The van der Waals surface area contributed by atoms with Gasteiger partial charge in [-0.15, -0.1) is 0 Å². The Balaban J connectivity index is 1.37. The highest BCUT2D eigenvalue weighted by Crippen LogP contribution is 2.40. The zero-order valence-corrected chi connectivity index (χ0v) is 31.4. The normalized spacial score (nSPS) is 18.8. The summed E-state index contributed by atoms with van der Waals surface area (Å²) < 4.78 is 4.81. The fraction of sp³-hybridized carbons (Fsp3) is 0.283. The van der Waals surface area contributed by atoms with Crippen LogP contribution in [-0.2, 0) is 22.7 Å². The fourth-order valence-electron chi connectivity index (χ4n) is 8.41. The lowest BCUT2D eigenvalue weighted by atomic mass is 9.95. The molecule has 4 aromatic carbocycles. The minimum absolute atomic E-state index is 0.0468. The molecule has 0 radical (unpaired) electrons. The Morgan fingerprint density at radius 3 is 1.51 bits per heavy atom. The van der Waals surface area contributed by atoms with Gasteiger partial charge in [-0.25, -0.2) is 4.79 Å². The maximum atomic E-state index is 13.9. The molecule has 268 valence electrons. The van der Waals surface area contributed by atoms with E-state index in [9.17, 15) is 14.4 Å². The lowest BCUT2D eigenvalue weighted by Gasteiger charge is -2.30. The van der Waals surface area contributed by atoms with Crippen molar-refractivity contribution in [2.24, 2.45) is 11.8 Å². The summed E-state index contributed by atoms with van der Waals surface area (Å²) in [6.45, 7) is 10.7. The number of urea groups is 1. The summed E-state index contributed by atoms with van der Waals surface area (Å²) in [6, 6.07) is 25.2. The average molecular weight is 703 g/mol. The van der Waals surface area contributed by atoms with Gasteiger partial charge in [-0.1, -0.05) is 107 Å². The van der Waals surface area contributed by atoms with E-state index in [-0.39, 0.29) is 5.57 Å². The predicted molar refractivity (Wildman–Crippen MR) is 216 cm³/mol. The minimum Gasteiger partial charge on any atom is -0.340 e. The highest BCUT2D eigenvalue weighted by Gasteiger charge is 2.42. The minimum atomic E-state index is -0.624. The van der Waals surface area contributed by atoms with Crippen LogP contribution in [0.1, 0.15) is 47.0 Å². The van der Waals surface area contributed by atoms with Crippen LogP contribution in [0, 0.1) is 11.8 Å². The third-order valence-corrected chi connectivity index (χ3v) is 11.3. The zero-order valence-electron chi connectivity index (χ0n) is 31.4. The topological polar surface area (TPSA) is 67.6 Å². The number of hydrogen-bond acceptors (Lipinski definition) is 3. The number of rotatable bonds is 7. The molecule has 2 aromatic heterocycles. The maximum Gasteiger partial charge on any atom is 0.333 e. The molecule has 1 aliphatic carbocycles. The van der Waals surface area contributed by atoms with Gasteiger partial charge in [0.2, 0.25) is 0 Å². The van der Waals surface area contributed by atoms with Crippen molar-refractivity contribution in [1.29, 1.82) is 0 Å². The first-order valence-electron chi connectivity index (χ1n) is 18.8. The lowest BCUT2D eigenvalue weighted by molar-refractivity contribution is -0.134. The first-order valence-corrected chi connectivity index (χ1v) is 18.8. The van der Waals surface area contributed by atoms with Crippen LogP contribution >= 0.6 is 0 Å². The molecule has 4 amide bonds. The van der Waals surface area contributed by atoms with Gasteiger partial charge in [0.05, 0.1) is 0 Å². The van der Waals surface area contributed by atoms with E-state index in [0.717, 1.165) is 51.2 Å². The molecule has 1 saturated carbocycles. The van der Waals surface area contributed by atoms with Crippen LogP contribution in [0.15, 0.2) is 107 Å². The van der Waals surface area contributed by atoms with Crippen LogP contribution in [0.25, 0.3) is 55.5 Å². The van der Waals surface area contributed by atoms with Crippen molar-refractivity contribution in [3.63, 3.8) is 0 Å². The fourth-order valence-corrected chi connectivity index (χ4v) is 8.41. The maximum absolute atomic E-state index is 13.9. The molecule has 0 N–H and O–H groups in total. The molecule has 1 aliphatic heterocycles. The molecular weight excluding hydrogens is 657 g/mol. The van der Waals surface area contributed by atoms with Crippen molar-refractivity contribution >= 4 is 73.3 Å². The predicted octanol–water partition coefficient (Wildman–Crippen LogP) is 8.30. The molecule has 2 fully saturated rings. The quantitative estimate of drug-likeness (QED) is 0.124. The van der Waals surface area contributed by atoms with Gasteiger partial charge < -0.3 is 9.13 Å². The zero-order chi connectivity index (χ0) is 37.1. The number of benzene rings is 4. The van der Waals surface area contributed by atoms with Crippen molar-refractivity contribution in [3.8, 4) is 0 Å². The van der Waals surface area contributed by atoms with Crippen molar-refractivity contribution in [1.82, 2.24) is 18.9 Å². The van der Waals surface area contributed by atoms with E-state index < -0.39 is 17.8 Å². The van der Waals surface area contributed by atoms with Crippen LogP contribution in [0.5, 0.6) is 0 Å². The largest absolute Gasteiger partial charge is 0.340 e. The number of amides is 4. The Labute approximate surface area is 309 Å². The molecule has 2 aliphatic rings. The van der Waals surface area contributed by atoms with Crippen LogP contribution in [0.3, 0.4) is 0 Å². The van der Waals surface area contributed by atoms with Gasteiger partial charge >= 0.3 is 6.03 Å². The Kier molecular flexibility index (Phi) is 8.68. The molecule has 7 heteroatoms. The first kappa shape index (κ1) is 34.4. The van der Waals surface area contributed by atoms with E-state index in [1.165, 1.54) is 57.4 Å². The number of allylic oxidation sites excluding steroid dienone is 5. The van der Waals surface area contributed by atoms with E-state index in [1.807, 2.05) is 0 Å². The van der Waals surface area contributed by atoms with E-state index in [4.69, 9.17) is 0 Å². The second-order valence-corrected chi connectivity index (χ2v) is 15.2. The Morgan fingerprint density at radius 1 is 0.604 bits per heavy atom. The number of carbonyl (C=O) groups is 3. The summed E-state index contributed by atoms with van der Waals surface area (Å²) in [4.78, 5) is 42.8. The number of aromatic nitrogens is 2. The van der Waals surface area contributed by atoms with Crippen molar-refractivity contribution in [2.45, 2.75) is 60.0 Å². The summed E-state index contributed by atoms with van der Waals surface area (Å²) in [5.74, 6) is -0.229. The van der Waals surface area contributed by atoms with Gasteiger partial charge in [0.25, 0.3) is 11.8 Å². The van der Waals surface area contributed by atoms with Crippen molar-refractivity contribution < 1.29 is 14.4 Å². The average Bonchev–Trinajstić information content (AvgIpc) is 3.79. The molecule has 3 heterocycles. The van der Waals surface area contributed by atoms with Crippen LogP contribution in [0.2, 0.25) is 0 Å². The Morgan fingerprint density at radius 2 is 1.06 bits per heavy atom. The molecule has 8 rings (SSSR count). The molecule has 0 bridgehead atoms. The second kappa shape index (κ2) is 13.4. The molecule has 53 heavy (non-hydrogen) atoms. The highest BCUT2D eigenvalue weighted by atomic mass is 16.2. The number of hydrogen-bond donors (Lipinski definition) is 0. The smallest absolute Gasteiger partial charge is 0.333 e. The van der Waals surface area contributed by atoms with Gasteiger partial charge in [0.1, 0.15) is 5.57 Å². The van der Waals surface area contributed by atoms with Gasteiger partial charge in [-0.2, -0.15) is 0 Å². The monoisotopic (exact) mass is 702 g/mol. The van der Waals surface area contributed by atoms with Gasteiger partial charge in [-0.05, 0) is 76.5 Å². The molecule has 7 nitrogen and oxygen atoms in total. The first-order chi connectivity index (χ1) is 25.6. The van der Waals surface area contributed by atoms with Gasteiger partial charge in [-0.3, -0.25) is 19.4 Å². The van der Waals surface area contributed by atoms with Crippen LogP contribution in [0.4, 0.5) is 4.79 Å². The summed E-state index contributed by atoms with van der Waals surface area (Å²) in [7, 11) is 2.90. The van der Waals surface area contributed by atoms with Crippen LogP contribution < -0.4 is 10.7 Å². The van der Waals surface area contributed by atoms with Crippen molar-refractivity contribution in [3.05, 3.63) is 118 Å². The van der Waals surface area contributed by atoms with E-state index >= 15 is 0 Å². The van der Waals surface area contributed by atoms with E-state index in [2.05, 4.69) is 134 Å². The number of nitrogens with zero attached hydrogens (tertiary/aromatic N) is 4. The van der Waals surface area contributed by atoms with E-state index in [0.29, 0.717) is 30.3 Å². The summed E-state index contributed by atoms with van der Waals surface area (Å²) >= 11 is 0. The van der Waals surface area contributed by atoms with Crippen LogP contribution in [-0.4, -0.2) is 50.9 Å². The number of imide groups is 2. The second-order valence-electron chi connectivity index (χ2n) is 15.2. The Hall–Kier alpha value is -5.69. The number of barbiturate groups is 1. The molecule has 1 unspecified atom stereocenters. The third-order valence-electron chi connectivity index (χ3n) is 11.3. The molecule has 0 spiro atoms. The Bertz CT molecular complexity index is 2660. The highest BCUT2D eigenvalue weighted by molar-refractivity contribution is 6.29. The standard InChI is InChI=1S/C46H46N4O3/c1-7-29(4)27-50-37(35-17-9-13-31-15-11-19-39(50)42(31)35)25-23-33-21-20-32(40(33)43-44(51)47(5)46(53)48(6)45(43)52)22-24-36-34-16-8-12-30-14-10-18-38(41(30)34)49(36)26-28(2)3/h8-19,22-25,28-29H,7,20-21,26-27H2,1-6H3/b32-22?,33-23-,36-24+,37-25+. The summed E-state index contributed by atoms with van der Waals surface area (Å²) in [5.41, 5.74) is 4.91. The molecular formula is C46H46N4O3. The number of carbonyl (C=O) groups excluding carboxylic acids is 3. The van der Waals surface area contributed by atoms with Crippen molar-refractivity contribution in [2.75, 3.05) is 14.1 Å². The molecule has 1 atom stereocenters. The van der Waals surface area contributed by atoms with E-state index in [1.54, 1.807) is 0 Å². The summed E-state index contributed by atoms with van der Waals surface area (Å²) in [5, 5.41) is 9.47. The summed E-state index contributed by atoms with van der Waals surface area (Å²) in [6.07, 6.45) is 10.9. The van der Waals surface area contributed by atoms with Gasteiger partial charge in [0, 0.05) is 70.5 Å². The molecule has 6 aromatic rings. The molecule has 1 saturated heterocycles. The SMILES string of the molecule is CCC(C)Cn1/c(=C/C=C2/CCC(=C/C=c3\c4cccc5cccc(c54)n3CC(C)C)C2=C2C(=O)N(C)C(=O)N(C)C2=O)c2cccc3cccc1c32. The lowest BCUT2D eigenvalue weighted by Crippen LogP contribution is -2.53.